The molecular formula is C68H63BN2. The van der Waals surface area contributed by atoms with Crippen LogP contribution in [0.15, 0.2) is 200 Å². The van der Waals surface area contributed by atoms with Crippen molar-refractivity contribution in [3.8, 4) is 22.3 Å². The summed E-state index contributed by atoms with van der Waals surface area (Å²) in [5, 5.41) is 0. The molecule has 0 amide bonds. The number of hydrogen-bond acceptors (Lipinski definition) is 2. The average Bonchev–Trinajstić information content (AvgIpc) is 3.67. The Morgan fingerprint density at radius 1 is 0.380 bits per heavy atom. The summed E-state index contributed by atoms with van der Waals surface area (Å²) in [4.78, 5) is 5.13. The minimum Gasteiger partial charge on any atom is -0.311 e. The van der Waals surface area contributed by atoms with Crippen molar-refractivity contribution in [1.29, 1.82) is 0 Å². The van der Waals surface area contributed by atoms with Gasteiger partial charge in [0.15, 0.2) is 0 Å². The number of hydrogen-bond donors (Lipinski definition) is 0. The molecule has 0 unspecified atom stereocenters. The summed E-state index contributed by atoms with van der Waals surface area (Å²) in [6.45, 7) is 23.2. The van der Waals surface area contributed by atoms with E-state index in [4.69, 9.17) is 0 Å². The van der Waals surface area contributed by atoms with Gasteiger partial charge in [0.2, 0.25) is 0 Å². The monoisotopic (exact) mass is 919 g/mol. The minimum absolute atomic E-state index is 0.0161. The van der Waals surface area contributed by atoms with Crippen molar-refractivity contribution in [2.24, 2.45) is 0 Å². The first-order valence-corrected chi connectivity index (χ1v) is 25.6. The second-order valence-electron chi connectivity index (χ2n) is 23.5. The number of aryl methyl sites for hydroxylation is 1. The van der Waals surface area contributed by atoms with E-state index in [1.54, 1.807) is 0 Å². The van der Waals surface area contributed by atoms with Gasteiger partial charge in [0.25, 0.3) is 6.71 Å². The predicted molar refractivity (Wildman–Crippen MR) is 304 cm³/mol. The number of rotatable bonds is 5. The van der Waals surface area contributed by atoms with E-state index in [2.05, 4.69) is 279 Å². The van der Waals surface area contributed by atoms with Gasteiger partial charge in [0, 0.05) is 34.1 Å². The highest BCUT2D eigenvalue weighted by Gasteiger charge is 2.47. The highest BCUT2D eigenvalue weighted by Crippen LogP contribution is 2.58. The molecule has 2 nitrogen and oxygen atoms in total. The van der Waals surface area contributed by atoms with Crippen LogP contribution in [0.4, 0.5) is 34.1 Å². The van der Waals surface area contributed by atoms with Gasteiger partial charge < -0.3 is 9.80 Å². The SMILES string of the molecule is Cc1cc2c3c(c1)N(c1ccc(C(C)(C)C)cc1)c1cc(C(C)(C)C)ccc1B3c1cc(C(C)(C)C)ccc1N2c1ccc(-c2cccc3c2-c2ccccc2C3(c2ccccc2)c2ccccc2)cc1. The lowest BCUT2D eigenvalue weighted by Crippen LogP contribution is -2.61. The van der Waals surface area contributed by atoms with Crippen molar-refractivity contribution in [3.63, 3.8) is 0 Å². The van der Waals surface area contributed by atoms with Crippen molar-refractivity contribution < 1.29 is 0 Å². The van der Waals surface area contributed by atoms with Crippen LogP contribution in [0.3, 0.4) is 0 Å². The van der Waals surface area contributed by atoms with Crippen LogP contribution < -0.4 is 26.2 Å². The first kappa shape index (κ1) is 44.8. The fourth-order valence-corrected chi connectivity index (χ4v) is 12.3. The standard InChI is InChI=1S/C68H63BN2/c1-44-40-61-64-62(41-44)71(52-36-30-46(31-37-52)65(2,3)4)60-43-50(67(8,9)10)32-38-57(60)69(64)58-42-49(66(5,6)7)33-39-59(58)70(61)51-34-28-45(29-35-51)53-25-19-27-56-63(53)54-24-17-18-26-55(54)68(56,47-20-13-11-14-21-47)48-22-15-12-16-23-48/h11-43H,1-10H3. The lowest BCUT2D eigenvalue weighted by molar-refractivity contribution is 0.590. The Morgan fingerprint density at radius 2 is 0.873 bits per heavy atom. The fraction of sp³-hybridized carbons (Fsp3) is 0.206. The van der Waals surface area contributed by atoms with Crippen LogP contribution in [0.5, 0.6) is 0 Å². The quantitative estimate of drug-likeness (QED) is 0.159. The maximum Gasteiger partial charge on any atom is 0.252 e. The maximum absolute atomic E-state index is 2.57. The molecule has 71 heavy (non-hydrogen) atoms. The normalized spacial score (nSPS) is 14.4. The molecule has 0 N–H and O–H groups in total. The van der Waals surface area contributed by atoms with Crippen LogP contribution in [0.2, 0.25) is 0 Å². The highest BCUT2D eigenvalue weighted by molar-refractivity contribution is 7.00. The van der Waals surface area contributed by atoms with Gasteiger partial charge in [0.05, 0.1) is 5.41 Å². The molecule has 0 radical (unpaired) electrons. The van der Waals surface area contributed by atoms with Gasteiger partial charge in [-0.3, -0.25) is 0 Å². The van der Waals surface area contributed by atoms with Gasteiger partial charge in [-0.2, -0.15) is 0 Å². The molecule has 0 fully saturated rings. The van der Waals surface area contributed by atoms with E-state index in [0.29, 0.717) is 0 Å². The minimum atomic E-state index is -0.454. The predicted octanol–water partition coefficient (Wildman–Crippen LogP) is 16.0. The summed E-state index contributed by atoms with van der Waals surface area (Å²) in [5.74, 6) is 0. The molecule has 9 aromatic carbocycles. The second-order valence-corrected chi connectivity index (χ2v) is 23.5. The molecule has 2 aliphatic heterocycles. The molecule has 348 valence electrons. The van der Waals surface area contributed by atoms with E-state index >= 15 is 0 Å². The zero-order valence-electron chi connectivity index (χ0n) is 43.0. The zero-order chi connectivity index (χ0) is 49.2. The van der Waals surface area contributed by atoms with Gasteiger partial charge in [-0.05, 0) is 155 Å². The third kappa shape index (κ3) is 6.98. The maximum atomic E-state index is 2.57. The Balaban J connectivity index is 1.06. The third-order valence-corrected chi connectivity index (χ3v) is 15.9. The van der Waals surface area contributed by atoms with Crippen LogP contribution in [-0.2, 0) is 21.7 Å². The Hall–Kier alpha value is -7.36. The van der Waals surface area contributed by atoms with E-state index in [0.717, 1.165) is 5.69 Å². The van der Waals surface area contributed by atoms with Crippen molar-refractivity contribution in [1.82, 2.24) is 0 Å². The van der Waals surface area contributed by atoms with Crippen LogP contribution in [-0.4, -0.2) is 6.71 Å². The van der Waals surface area contributed by atoms with Gasteiger partial charge in [-0.15, -0.1) is 0 Å². The lowest BCUT2D eigenvalue weighted by atomic mass is 9.33. The molecule has 3 heteroatoms. The number of fused-ring (bicyclic) bond motifs is 7. The molecule has 0 aromatic heterocycles. The summed E-state index contributed by atoms with van der Waals surface area (Å²) in [7, 11) is 0. The molecule has 12 rings (SSSR count). The molecule has 1 aliphatic carbocycles. The van der Waals surface area contributed by atoms with E-state index < -0.39 is 5.41 Å². The molecule has 2 heterocycles. The summed E-state index contributed by atoms with van der Waals surface area (Å²) in [6.07, 6.45) is 0. The van der Waals surface area contributed by atoms with Crippen molar-refractivity contribution in [3.05, 3.63) is 245 Å². The molecule has 0 atom stereocenters. The summed E-state index contributed by atoms with van der Waals surface area (Å²) in [6, 6.07) is 76.6. The fourth-order valence-electron chi connectivity index (χ4n) is 12.3. The number of nitrogens with zero attached hydrogens (tertiary/aromatic N) is 2. The summed E-state index contributed by atoms with van der Waals surface area (Å²) in [5.41, 5.74) is 26.4. The van der Waals surface area contributed by atoms with Crippen molar-refractivity contribution in [2.45, 2.75) is 90.9 Å². The lowest BCUT2D eigenvalue weighted by Gasteiger charge is -2.45. The van der Waals surface area contributed by atoms with E-state index in [-0.39, 0.29) is 23.0 Å². The highest BCUT2D eigenvalue weighted by atomic mass is 15.2. The number of anilines is 6. The summed E-state index contributed by atoms with van der Waals surface area (Å²) >= 11 is 0. The molecular weight excluding hydrogens is 856 g/mol. The summed E-state index contributed by atoms with van der Waals surface area (Å²) < 4.78 is 0. The van der Waals surface area contributed by atoms with Crippen LogP contribution in [0, 0.1) is 6.92 Å². The smallest absolute Gasteiger partial charge is 0.252 e. The molecule has 0 bridgehead atoms. The Kier molecular flexibility index (Phi) is 10.2. The molecule has 0 saturated heterocycles. The van der Waals surface area contributed by atoms with Crippen LogP contribution in [0.1, 0.15) is 107 Å². The largest absolute Gasteiger partial charge is 0.311 e. The van der Waals surface area contributed by atoms with Gasteiger partial charge in [-0.1, -0.05) is 214 Å². The molecule has 0 saturated carbocycles. The molecule has 3 aliphatic rings. The Morgan fingerprint density at radius 3 is 1.48 bits per heavy atom. The Labute approximate surface area is 422 Å². The third-order valence-electron chi connectivity index (χ3n) is 15.9. The first-order chi connectivity index (χ1) is 34.0. The number of benzene rings is 9. The van der Waals surface area contributed by atoms with Gasteiger partial charge in [-0.25, -0.2) is 0 Å². The van der Waals surface area contributed by atoms with Crippen LogP contribution >= 0.6 is 0 Å². The zero-order valence-corrected chi connectivity index (χ0v) is 43.0. The molecule has 9 aromatic rings. The van der Waals surface area contributed by atoms with Crippen molar-refractivity contribution in [2.75, 3.05) is 9.80 Å². The first-order valence-electron chi connectivity index (χ1n) is 25.6. The van der Waals surface area contributed by atoms with Gasteiger partial charge >= 0.3 is 0 Å². The van der Waals surface area contributed by atoms with E-state index in [1.807, 2.05) is 0 Å². The van der Waals surface area contributed by atoms with E-state index in [9.17, 15) is 0 Å². The van der Waals surface area contributed by atoms with E-state index in [1.165, 1.54) is 112 Å². The van der Waals surface area contributed by atoms with Crippen LogP contribution in [0.25, 0.3) is 22.3 Å². The van der Waals surface area contributed by atoms with Crippen molar-refractivity contribution >= 4 is 57.2 Å². The van der Waals surface area contributed by atoms with Gasteiger partial charge in [0.1, 0.15) is 0 Å². The molecule has 0 spiro atoms. The Bertz CT molecular complexity index is 3490. The second kappa shape index (κ2) is 16.1. The topological polar surface area (TPSA) is 6.48 Å². The average molecular weight is 919 g/mol.